The lowest BCUT2D eigenvalue weighted by atomic mass is 9.99. The van der Waals surface area contributed by atoms with Gasteiger partial charge in [-0.05, 0) is 46.2 Å². The van der Waals surface area contributed by atoms with E-state index in [2.05, 4.69) is 32.7 Å². The number of hydrogen-bond acceptors (Lipinski definition) is 3. The Hall–Kier alpha value is -1.38. The van der Waals surface area contributed by atoms with Crippen molar-refractivity contribution in [3.05, 3.63) is 18.2 Å². The van der Waals surface area contributed by atoms with E-state index in [1.165, 1.54) is 0 Å². The Morgan fingerprint density at radius 2 is 1.94 bits per heavy atom. The summed E-state index contributed by atoms with van der Waals surface area (Å²) < 4.78 is 5.73. The van der Waals surface area contributed by atoms with E-state index in [0.717, 1.165) is 23.5 Å². The third kappa shape index (κ3) is 3.09. The van der Waals surface area contributed by atoms with Crippen molar-refractivity contribution in [1.82, 2.24) is 0 Å². The summed E-state index contributed by atoms with van der Waals surface area (Å²) in [7, 11) is 2.08. The molecule has 1 rings (SSSR count). The fraction of sp³-hybridized carbons (Fsp3) is 0.600. The molecular formula is C15H26N2O. The van der Waals surface area contributed by atoms with Crippen molar-refractivity contribution < 1.29 is 4.74 Å². The number of rotatable bonds is 5. The second-order valence-electron chi connectivity index (χ2n) is 5.58. The molecule has 0 aliphatic heterocycles. The zero-order valence-electron chi connectivity index (χ0n) is 12.4. The van der Waals surface area contributed by atoms with Crippen LogP contribution in [0.25, 0.3) is 0 Å². The molecule has 1 aromatic carbocycles. The van der Waals surface area contributed by atoms with Gasteiger partial charge in [0.25, 0.3) is 0 Å². The average Bonchev–Trinajstić information content (AvgIpc) is 2.30. The molecule has 0 aromatic heterocycles. The van der Waals surface area contributed by atoms with Gasteiger partial charge in [0, 0.05) is 12.6 Å². The Labute approximate surface area is 111 Å². The predicted octanol–water partition coefficient (Wildman–Crippen LogP) is 3.68. The molecule has 0 radical (unpaired) electrons. The molecule has 0 saturated carbocycles. The molecule has 1 aromatic rings. The van der Waals surface area contributed by atoms with Crippen molar-refractivity contribution in [3.8, 4) is 5.75 Å². The first-order valence-electron chi connectivity index (χ1n) is 6.58. The molecule has 102 valence electrons. The van der Waals surface area contributed by atoms with Gasteiger partial charge in [0.1, 0.15) is 5.75 Å². The van der Waals surface area contributed by atoms with Crippen molar-refractivity contribution in [2.75, 3.05) is 17.7 Å². The van der Waals surface area contributed by atoms with Crippen LogP contribution in [0.1, 0.15) is 41.0 Å². The first-order chi connectivity index (χ1) is 8.29. The van der Waals surface area contributed by atoms with E-state index in [1.54, 1.807) is 0 Å². The Kier molecular flexibility index (Phi) is 4.49. The summed E-state index contributed by atoms with van der Waals surface area (Å²) in [6.45, 7) is 10.6. The average molecular weight is 250 g/mol. The molecule has 0 aliphatic rings. The molecule has 3 nitrogen and oxygen atoms in total. The van der Waals surface area contributed by atoms with E-state index in [-0.39, 0.29) is 11.6 Å². The highest BCUT2D eigenvalue weighted by Gasteiger charge is 2.23. The molecule has 0 fully saturated rings. The highest BCUT2D eigenvalue weighted by molar-refractivity contribution is 5.74. The maximum Gasteiger partial charge on any atom is 0.144 e. The van der Waals surface area contributed by atoms with Crippen LogP contribution in [-0.4, -0.2) is 18.7 Å². The molecule has 18 heavy (non-hydrogen) atoms. The van der Waals surface area contributed by atoms with Crippen molar-refractivity contribution in [2.45, 2.75) is 52.7 Å². The van der Waals surface area contributed by atoms with Gasteiger partial charge in [-0.25, -0.2) is 0 Å². The quantitative estimate of drug-likeness (QED) is 0.810. The van der Waals surface area contributed by atoms with Crippen molar-refractivity contribution in [1.29, 1.82) is 0 Å². The van der Waals surface area contributed by atoms with Crippen molar-refractivity contribution in [2.24, 2.45) is 0 Å². The number of hydrogen-bond donors (Lipinski definition) is 1. The second-order valence-corrected chi connectivity index (χ2v) is 5.58. The summed E-state index contributed by atoms with van der Waals surface area (Å²) in [6, 6.07) is 5.96. The molecule has 0 saturated heterocycles. The largest absolute Gasteiger partial charge is 0.489 e. The molecule has 0 heterocycles. The third-order valence-corrected chi connectivity index (χ3v) is 3.54. The fourth-order valence-electron chi connectivity index (χ4n) is 1.74. The van der Waals surface area contributed by atoms with Gasteiger partial charge in [0.2, 0.25) is 0 Å². The van der Waals surface area contributed by atoms with Crippen LogP contribution in [0.3, 0.4) is 0 Å². The van der Waals surface area contributed by atoms with E-state index in [9.17, 15) is 0 Å². The molecular weight excluding hydrogens is 224 g/mol. The minimum absolute atomic E-state index is 0.0740. The first-order valence-corrected chi connectivity index (χ1v) is 6.58. The Balaban J connectivity index is 3.11. The predicted molar refractivity (Wildman–Crippen MR) is 79.4 cm³/mol. The van der Waals surface area contributed by atoms with Gasteiger partial charge in [0.15, 0.2) is 0 Å². The van der Waals surface area contributed by atoms with Gasteiger partial charge in [-0.1, -0.05) is 13.0 Å². The normalized spacial score (nSPS) is 11.7. The number of benzene rings is 1. The lowest BCUT2D eigenvalue weighted by molar-refractivity contribution is 0.244. The maximum atomic E-state index is 6.22. The number of nitrogen functional groups attached to an aromatic ring is 1. The molecule has 0 aliphatic carbocycles. The van der Waals surface area contributed by atoms with Crippen LogP contribution in [0.4, 0.5) is 11.4 Å². The van der Waals surface area contributed by atoms with Gasteiger partial charge in [-0.2, -0.15) is 0 Å². The van der Waals surface area contributed by atoms with E-state index >= 15 is 0 Å². The Morgan fingerprint density at radius 3 is 2.44 bits per heavy atom. The van der Waals surface area contributed by atoms with Crippen LogP contribution in [0, 0.1) is 0 Å². The van der Waals surface area contributed by atoms with Gasteiger partial charge < -0.3 is 15.4 Å². The molecule has 2 N–H and O–H groups in total. The molecule has 3 heteroatoms. The van der Waals surface area contributed by atoms with Crippen molar-refractivity contribution >= 4 is 11.4 Å². The Morgan fingerprint density at radius 1 is 1.33 bits per heavy atom. The third-order valence-electron chi connectivity index (χ3n) is 3.54. The Bertz CT molecular complexity index is 399. The number of para-hydroxylation sites is 1. The number of nitrogens with zero attached hydrogens (tertiary/aromatic N) is 1. The topological polar surface area (TPSA) is 38.5 Å². The standard InChI is InChI=1S/C15H26N2O/c1-7-15(4,5)17(6)12-9-8-10-13(14(12)16)18-11(2)3/h8-11H,7,16H2,1-6H3. The van der Waals surface area contributed by atoms with Crippen LogP contribution in [0.2, 0.25) is 0 Å². The fourth-order valence-corrected chi connectivity index (χ4v) is 1.74. The van der Waals surface area contributed by atoms with E-state index < -0.39 is 0 Å². The lowest BCUT2D eigenvalue weighted by Crippen LogP contribution is -2.40. The van der Waals surface area contributed by atoms with E-state index in [0.29, 0.717) is 0 Å². The van der Waals surface area contributed by atoms with Gasteiger partial charge >= 0.3 is 0 Å². The van der Waals surface area contributed by atoms with Gasteiger partial charge in [-0.3, -0.25) is 0 Å². The maximum absolute atomic E-state index is 6.22. The summed E-state index contributed by atoms with van der Waals surface area (Å²) >= 11 is 0. The van der Waals surface area contributed by atoms with Crippen LogP contribution in [-0.2, 0) is 0 Å². The van der Waals surface area contributed by atoms with Crippen LogP contribution in [0.15, 0.2) is 18.2 Å². The van der Waals surface area contributed by atoms with E-state index in [4.69, 9.17) is 10.5 Å². The number of anilines is 2. The zero-order valence-corrected chi connectivity index (χ0v) is 12.4. The highest BCUT2D eigenvalue weighted by atomic mass is 16.5. The lowest BCUT2D eigenvalue weighted by Gasteiger charge is -2.37. The van der Waals surface area contributed by atoms with Gasteiger partial charge in [0.05, 0.1) is 17.5 Å². The monoisotopic (exact) mass is 250 g/mol. The minimum atomic E-state index is 0.0740. The second kappa shape index (κ2) is 5.51. The molecule has 0 amide bonds. The smallest absolute Gasteiger partial charge is 0.144 e. The summed E-state index contributed by atoms with van der Waals surface area (Å²) in [4.78, 5) is 2.22. The molecule has 0 spiro atoms. The SMILES string of the molecule is CCC(C)(C)N(C)c1cccc(OC(C)C)c1N. The van der Waals surface area contributed by atoms with Crippen LogP contribution < -0.4 is 15.4 Å². The van der Waals surface area contributed by atoms with Crippen molar-refractivity contribution in [3.63, 3.8) is 0 Å². The molecule has 0 atom stereocenters. The number of ether oxygens (including phenoxy) is 1. The number of nitrogens with two attached hydrogens (primary N) is 1. The summed E-state index contributed by atoms with van der Waals surface area (Å²) in [5.41, 5.74) is 8.04. The summed E-state index contributed by atoms with van der Waals surface area (Å²) in [5.74, 6) is 0.765. The summed E-state index contributed by atoms with van der Waals surface area (Å²) in [6.07, 6.45) is 1.19. The van der Waals surface area contributed by atoms with Crippen LogP contribution in [0.5, 0.6) is 5.75 Å². The molecule has 0 bridgehead atoms. The van der Waals surface area contributed by atoms with Crippen LogP contribution >= 0.6 is 0 Å². The first kappa shape index (κ1) is 14.7. The molecule has 0 unspecified atom stereocenters. The highest BCUT2D eigenvalue weighted by Crippen LogP contribution is 2.35. The minimum Gasteiger partial charge on any atom is -0.489 e. The van der Waals surface area contributed by atoms with E-state index in [1.807, 2.05) is 32.0 Å². The van der Waals surface area contributed by atoms with Gasteiger partial charge in [-0.15, -0.1) is 0 Å². The summed E-state index contributed by atoms with van der Waals surface area (Å²) in [5, 5.41) is 0. The zero-order chi connectivity index (χ0) is 13.9.